The first-order valence-electron chi connectivity index (χ1n) is 9.27. The summed E-state index contributed by atoms with van der Waals surface area (Å²) in [5, 5.41) is 0. The molecule has 25 heavy (non-hydrogen) atoms. The highest BCUT2D eigenvalue weighted by Crippen LogP contribution is 2.32. The Morgan fingerprint density at radius 1 is 1.32 bits per heavy atom. The second kappa shape index (κ2) is 8.09. The molecule has 0 bridgehead atoms. The summed E-state index contributed by atoms with van der Waals surface area (Å²) in [6, 6.07) is 5.82. The van der Waals surface area contributed by atoms with E-state index in [9.17, 15) is 4.79 Å². The quantitative estimate of drug-likeness (QED) is 0.822. The van der Waals surface area contributed by atoms with Gasteiger partial charge in [-0.15, -0.1) is 0 Å². The molecule has 138 valence electrons. The molecule has 1 saturated heterocycles. The number of carbonyl (C=O) groups is 1. The van der Waals surface area contributed by atoms with Gasteiger partial charge in [-0.2, -0.15) is 0 Å². The average Bonchev–Trinajstić information content (AvgIpc) is 2.65. The van der Waals surface area contributed by atoms with Gasteiger partial charge in [0.25, 0.3) is 0 Å². The summed E-state index contributed by atoms with van der Waals surface area (Å²) in [7, 11) is 1.64. The van der Waals surface area contributed by atoms with E-state index in [0.717, 1.165) is 56.0 Å². The van der Waals surface area contributed by atoms with E-state index in [0.29, 0.717) is 18.6 Å². The minimum absolute atomic E-state index is 0.0889. The van der Waals surface area contributed by atoms with Crippen LogP contribution in [0, 0.1) is 11.8 Å². The van der Waals surface area contributed by atoms with Gasteiger partial charge in [0, 0.05) is 25.8 Å². The van der Waals surface area contributed by atoms with E-state index in [1.807, 2.05) is 23.1 Å². The van der Waals surface area contributed by atoms with E-state index in [1.165, 1.54) is 0 Å². The number of nitrogens with zero attached hydrogens (tertiary/aromatic N) is 1. The van der Waals surface area contributed by atoms with Crippen molar-refractivity contribution in [3.63, 3.8) is 0 Å². The number of piperidine rings is 1. The summed E-state index contributed by atoms with van der Waals surface area (Å²) in [6.45, 7) is 7.14. The fourth-order valence-electron chi connectivity index (χ4n) is 3.47. The van der Waals surface area contributed by atoms with Crippen molar-refractivity contribution in [1.29, 1.82) is 0 Å². The van der Waals surface area contributed by atoms with E-state index in [4.69, 9.17) is 14.2 Å². The Labute approximate surface area is 150 Å². The molecule has 2 aliphatic heterocycles. The van der Waals surface area contributed by atoms with Gasteiger partial charge in [0.2, 0.25) is 5.91 Å². The van der Waals surface area contributed by atoms with Gasteiger partial charge in [-0.05, 0) is 36.8 Å². The maximum Gasteiger partial charge on any atom is 0.229 e. The number of benzene rings is 1. The van der Waals surface area contributed by atoms with Gasteiger partial charge in [-0.1, -0.05) is 19.9 Å². The summed E-state index contributed by atoms with van der Waals surface area (Å²) in [5.41, 5.74) is 1.08. The first-order valence-corrected chi connectivity index (χ1v) is 9.27. The van der Waals surface area contributed by atoms with Crippen LogP contribution in [0.2, 0.25) is 0 Å². The highest BCUT2D eigenvalue weighted by atomic mass is 16.5. The number of hydrogen-bond acceptors (Lipinski definition) is 4. The summed E-state index contributed by atoms with van der Waals surface area (Å²) in [6.07, 6.45) is 2.89. The molecule has 0 aliphatic carbocycles. The fraction of sp³-hybridized carbons (Fsp3) is 0.650. The molecule has 0 saturated carbocycles. The maximum absolute atomic E-state index is 12.8. The average molecular weight is 347 g/mol. The van der Waals surface area contributed by atoms with E-state index < -0.39 is 0 Å². The summed E-state index contributed by atoms with van der Waals surface area (Å²) in [4.78, 5) is 14.8. The molecule has 1 atom stereocenters. The molecule has 1 unspecified atom stereocenters. The highest BCUT2D eigenvalue weighted by molar-refractivity contribution is 5.80. The molecule has 0 aromatic heterocycles. The molecule has 5 heteroatoms. The molecule has 1 aromatic carbocycles. The Morgan fingerprint density at radius 2 is 2.08 bits per heavy atom. The van der Waals surface area contributed by atoms with Gasteiger partial charge >= 0.3 is 0 Å². The second-order valence-electron chi connectivity index (χ2n) is 7.44. The smallest absolute Gasteiger partial charge is 0.229 e. The lowest BCUT2D eigenvalue weighted by Gasteiger charge is -2.35. The number of amides is 1. The van der Waals surface area contributed by atoms with Gasteiger partial charge in [0.15, 0.2) is 0 Å². The molecular formula is C20H29NO4. The van der Waals surface area contributed by atoms with Crippen molar-refractivity contribution in [2.45, 2.75) is 39.2 Å². The normalized spacial score (nSPS) is 21.0. The third kappa shape index (κ3) is 4.46. The third-order valence-electron chi connectivity index (χ3n) is 4.95. The molecule has 2 heterocycles. The first-order chi connectivity index (χ1) is 12.1. The maximum atomic E-state index is 12.8. The van der Waals surface area contributed by atoms with Crippen LogP contribution in [0.1, 0.15) is 32.3 Å². The predicted octanol–water partition coefficient (Wildman–Crippen LogP) is 2.91. The van der Waals surface area contributed by atoms with Gasteiger partial charge in [0.05, 0.1) is 19.1 Å². The fourth-order valence-corrected chi connectivity index (χ4v) is 3.47. The predicted molar refractivity (Wildman–Crippen MR) is 96.1 cm³/mol. The summed E-state index contributed by atoms with van der Waals surface area (Å²) >= 11 is 0. The summed E-state index contributed by atoms with van der Waals surface area (Å²) < 4.78 is 17.0. The highest BCUT2D eigenvalue weighted by Gasteiger charge is 2.32. The van der Waals surface area contributed by atoms with Crippen LogP contribution in [0.3, 0.4) is 0 Å². The van der Waals surface area contributed by atoms with Crippen LogP contribution in [0.25, 0.3) is 0 Å². The Morgan fingerprint density at radius 3 is 2.76 bits per heavy atom. The molecule has 1 fully saturated rings. The number of methoxy groups -OCH3 is 1. The molecule has 1 amide bonds. The molecule has 2 aliphatic rings. The standard InChI is InChI=1S/C20H29NO4/c1-14(2)12-24-17-6-8-21(9-7-17)20(22)16-10-15-4-5-18(23-3)11-19(15)25-13-16/h4-5,11,14,16-17H,6-10,12-13H2,1-3H3. The lowest BCUT2D eigenvalue weighted by Crippen LogP contribution is -2.46. The molecule has 5 nitrogen and oxygen atoms in total. The number of ether oxygens (including phenoxy) is 3. The van der Waals surface area contributed by atoms with E-state index in [-0.39, 0.29) is 11.8 Å². The molecule has 3 rings (SSSR count). The van der Waals surface area contributed by atoms with Crippen molar-refractivity contribution in [3.05, 3.63) is 23.8 Å². The SMILES string of the molecule is COc1ccc2c(c1)OCC(C(=O)N1CCC(OCC(C)C)CC1)C2. The lowest BCUT2D eigenvalue weighted by molar-refractivity contribution is -0.139. The van der Waals surface area contributed by atoms with Gasteiger partial charge in [0.1, 0.15) is 18.1 Å². The van der Waals surface area contributed by atoms with Crippen LogP contribution < -0.4 is 9.47 Å². The van der Waals surface area contributed by atoms with Crippen LogP contribution in [0.4, 0.5) is 0 Å². The van der Waals surface area contributed by atoms with Crippen molar-refractivity contribution < 1.29 is 19.0 Å². The Bertz CT molecular complexity index is 593. The Hall–Kier alpha value is -1.75. The van der Waals surface area contributed by atoms with Crippen molar-refractivity contribution in [2.24, 2.45) is 11.8 Å². The van der Waals surface area contributed by atoms with Crippen LogP contribution in [-0.2, 0) is 16.0 Å². The number of hydrogen-bond donors (Lipinski definition) is 0. The van der Waals surface area contributed by atoms with Crippen LogP contribution in [-0.4, -0.2) is 50.3 Å². The monoisotopic (exact) mass is 347 g/mol. The van der Waals surface area contributed by atoms with Gasteiger partial charge in [-0.3, -0.25) is 4.79 Å². The molecular weight excluding hydrogens is 318 g/mol. The zero-order chi connectivity index (χ0) is 17.8. The summed E-state index contributed by atoms with van der Waals surface area (Å²) in [5.74, 6) is 2.30. The van der Waals surface area contributed by atoms with E-state index in [2.05, 4.69) is 13.8 Å². The Balaban J connectivity index is 1.52. The van der Waals surface area contributed by atoms with E-state index in [1.54, 1.807) is 7.11 Å². The topological polar surface area (TPSA) is 48.0 Å². The van der Waals surface area contributed by atoms with Crippen LogP contribution >= 0.6 is 0 Å². The van der Waals surface area contributed by atoms with Crippen molar-refractivity contribution in [2.75, 3.05) is 33.4 Å². The number of rotatable bonds is 5. The lowest BCUT2D eigenvalue weighted by atomic mass is 9.94. The molecule has 0 spiro atoms. The van der Waals surface area contributed by atoms with Crippen molar-refractivity contribution in [3.8, 4) is 11.5 Å². The largest absolute Gasteiger partial charge is 0.497 e. The van der Waals surface area contributed by atoms with Crippen molar-refractivity contribution in [1.82, 2.24) is 4.90 Å². The molecule has 1 aromatic rings. The van der Waals surface area contributed by atoms with Crippen LogP contribution in [0.5, 0.6) is 11.5 Å². The zero-order valence-corrected chi connectivity index (χ0v) is 15.5. The number of carbonyl (C=O) groups excluding carboxylic acids is 1. The Kier molecular flexibility index (Phi) is 5.84. The molecule has 0 N–H and O–H groups in total. The minimum atomic E-state index is -0.0889. The second-order valence-corrected chi connectivity index (χ2v) is 7.44. The van der Waals surface area contributed by atoms with Crippen LogP contribution in [0.15, 0.2) is 18.2 Å². The third-order valence-corrected chi connectivity index (χ3v) is 4.95. The van der Waals surface area contributed by atoms with E-state index >= 15 is 0 Å². The van der Waals surface area contributed by atoms with Gasteiger partial charge < -0.3 is 19.1 Å². The molecule has 0 radical (unpaired) electrons. The van der Waals surface area contributed by atoms with Crippen molar-refractivity contribution >= 4 is 5.91 Å². The first kappa shape index (κ1) is 18.1. The number of likely N-dealkylation sites (tertiary alicyclic amines) is 1. The number of fused-ring (bicyclic) bond motifs is 1. The van der Waals surface area contributed by atoms with Gasteiger partial charge in [-0.25, -0.2) is 0 Å². The minimum Gasteiger partial charge on any atom is -0.497 e. The zero-order valence-electron chi connectivity index (χ0n) is 15.5.